The number of hydrogen-bond donors (Lipinski definition) is 3. The Kier molecular flexibility index (Phi) is 8.27. The Labute approximate surface area is 178 Å². The third-order valence-corrected chi connectivity index (χ3v) is 4.64. The molecule has 3 N–H and O–H groups in total. The molecule has 1 amide bonds. The molecule has 0 aromatic heterocycles. The van der Waals surface area contributed by atoms with E-state index in [1.54, 1.807) is 26.4 Å². The maximum atomic E-state index is 12.1. The predicted molar refractivity (Wildman–Crippen MR) is 123 cm³/mol. The largest absolute Gasteiger partial charge is 0.494 e. The van der Waals surface area contributed by atoms with E-state index >= 15 is 0 Å². The Morgan fingerprint density at radius 3 is 2.07 bits per heavy atom. The summed E-state index contributed by atoms with van der Waals surface area (Å²) in [6, 6.07) is 9.59. The van der Waals surface area contributed by atoms with E-state index in [2.05, 4.69) is 22.0 Å². The number of unbranched alkanes of at least 4 members (excludes halogenated alkanes) is 1. The number of amides is 1. The number of hydrogen-bond acceptors (Lipinski definition) is 4. The first-order valence-electron chi connectivity index (χ1n) is 9.59. The lowest BCUT2D eigenvalue weighted by Crippen LogP contribution is -2.20. The highest BCUT2D eigenvalue weighted by Gasteiger charge is 2.15. The van der Waals surface area contributed by atoms with Crippen LogP contribution < -0.4 is 25.4 Å². The number of anilines is 3. The standard InChI is InChI=1S/C22H29N3O3S/c1-6-7-8-21(26)23-17-12-20(28-5)18(13-19(17)27-4)25-22(29)24-16-10-9-14(2)11-15(16)3/h9-13H,6-8H2,1-5H3,(H,23,26)(H2,24,25,29). The van der Waals surface area contributed by atoms with Crippen molar-refractivity contribution in [1.82, 2.24) is 0 Å². The predicted octanol–water partition coefficient (Wildman–Crippen LogP) is 5.26. The fourth-order valence-electron chi connectivity index (χ4n) is 2.87. The maximum absolute atomic E-state index is 12.1. The summed E-state index contributed by atoms with van der Waals surface area (Å²) < 4.78 is 10.9. The molecular formula is C22H29N3O3S. The second kappa shape index (κ2) is 10.7. The van der Waals surface area contributed by atoms with Crippen molar-refractivity contribution in [3.8, 4) is 11.5 Å². The van der Waals surface area contributed by atoms with Crippen molar-refractivity contribution in [3.63, 3.8) is 0 Å². The number of benzene rings is 2. The summed E-state index contributed by atoms with van der Waals surface area (Å²) in [4.78, 5) is 12.1. The highest BCUT2D eigenvalue weighted by molar-refractivity contribution is 7.80. The van der Waals surface area contributed by atoms with E-state index in [4.69, 9.17) is 21.7 Å². The van der Waals surface area contributed by atoms with Crippen LogP contribution in [0.15, 0.2) is 30.3 Å². The average molecular weight is 416 g/mol. The molecule has 0 heterocycles. The Bertz CT molecular complexity index is 884. The molecule has 6 nitrogen and oxygen atoms in total. The van der Waals surface area contributed by atoms with Gasteiger partial charge in [-0.2, -0.15) is 0 Å². The van der Waals surface area contributed by atoms with Gasteiger partial charge in [0.05, 0.1) is 25.6 Å². The highest BCUT2D eigenvalue weighted by atomic mass is 32.1. The quantitative estimate of drug-likeness (QED) is 0.511. The molecule has 0 saturated heterocycles. The summed E-state index contributed by atoms with van der Waals surface area (Å²) in [6.45, 7) is 6.12. The van der Waals surface area contributed by atoms with Crippen LogP contribution in [0, 0.1) is 13.8 Å². The van der Waals surface area contributed by atoms with Crippen LogP contribution in [0.4, 0.5) is 17.1 Å². The molecule has 0 fully saturated rings. The van der Waals surface area contributed by atoms with E-state index in [-0.39, 0.29) is 5.91 Å². The highest BCUT2D eigenvalue weighted by Crippen LogP contribution is 2.36. The molecule has 156 valence electrons. The van der Waals surface area contributed by atoms with Gasteiger partial charge in [-0.15, -0.1) is 0 Å². The third-order valence-electron chi connectivity index (χ3n) is 4.43. The van der Waals surface area contributed by atoms with Gasteiger partial charge >= 0.3 is 0 Å². The number of thiocarbonyl (C=S) groups is 1. The topological polar surface area (TPSA) is 71.6 Å². The second-order valence-corrected chi connectivity index (χ2v) is 7.21. The number of rotatable bonds is 8. The van der Waals surface area contributed by atoms with Crippen LogP contribution in [0.5, 0.6) is 11.5 Å². The number of ether oxygens (including phenoxy) is 2. The van der Waals surface area contributed by atoms with E-state index in [9.17, 15) is 4.79 Å². The summed E-state index contributed by atoms with van der Waals surface area (Å²) in [7, 11) is 3.12. The molecule has 0 atom stereocenters. The number of carbonyl (C=O) groups excluding carboxylic acids is 1. The van der Waals surface area contributed by atoms with Crippen LogP contribution in [0.2, 0.25) is 0 Å². The van der Waals surface area contributed by atoms with Gasteiger partial charge in [-0.3, -0.25) is 4.79 Å². The van der Waals surface area contributed by atoms with E-state index in [0.29, 0.717) is 34.4 Å². The van der Waals surface area contributed by atoms with Crippen LogP contribution >= 0.6 is 12.2 Å². The molecule has 0 radical (unpaired) electrons. The molecule has 0 aliphatic heterocycles. The summed E-state index contributed by atoms with van der Waals surface area (Å²) in [5.74, 6) is 1.01. The lowest BCUT2D eigenvalue weighted by molar-refractivity contribution is -0.116. The minimum absolute atomic E-state index is 0.0556. The van der Waals surface area contributed by atoms with Gasteiger partial charge in [0, 0.05) is 24.2 Å². The smallest absolute Gasteiger partial charge is 0.224 e. The number of methoxy groups -OCH3 is 2. The van der Waals surface area contributed by atoms with Gasteiger partial charge in [-0.05, 0) is 44.1 Å². The molecule has 2 aromatic carbocycles. The van der Waals surface area contributed by atoms with Crippen molar-refractivity contribution in [2.75, 3.05) is 30.2 Å². The first kappa shape index (κ1) is 22.5. The molecule has 29 heavy (non-hydrogen) atoms. The van der Waals surface area contributed by atoms with E-state index in [1.807, 2.05) is 32.9 Å². The fourth-order valence-corrected chi connectivity index (χ4v) is 3.09. The Balaban J connectivity index is 2.19. The molecule has 0 spiro atoms. The molecule has 0 aliphatic rings. The van der Waals surface area contributed by atoms with E-state index in [0.717, 1.165) is 24.1 Å². The van der Waals surface area contributed by atoms with Gasteiger partial charge in [0.2, 0.25) is 5.91 Å². The third kappa shape index (κ3) is 6.35. The monoisotopic (exact) mass is 415 g/mol. The van der Waals surface area contributed by atoms with Gasteiger partial charge in [0.25, 0.3) is 0 Å². The minimum Gasteiger partial charge on any atom is -0.494 e. The minimum atomic E-state index is -0.0556. The van der Waals surface area contributed by atoms with Crippen LogP contribution in [0.1, 0.15) is 37.3 Å². The molecule has 0 aliphatic carbocycles. The SMILES string of the molecule is CCCCC(=O)Nc1cc(OC)c(NC(=S)Nc2ccc(C)cc2C)cc1OC. The summed E-state index contributed by atoms with van der Waals surface area (Å²) in [5, 5.41) is 9.65. The summed E-state index contributed by atoms with van der Waals surface area (Å²) in [6.07, 6.45) is 2.26. The lowest BCUT2D eigenvalue weighted by Gasteiger charge is -2.18. The van der Waals surface area contributed by atoms with Crippen LogP contribution in [0.25, 0.3) is 0 Å². The maximum Gasteiger partial charge on any atom is 0.224 e. The molecule has 7 heteroatoms. The van der Waals surface area contributed by atoms with Crippen molar-refractivity contribution in [2.45, 2.75) is 40.0 Å². The van der Waals surface area contributed by atoms with Crippen LogP contribution in [-0.2, 0) is 4.79 Å². The number of carbonyl (C=O) groups is 1. The van der Waals surface area contributed by atoms with Gasteiger partial charge < -0.3 is 25.4 Å². The number of nitrogens with one attached hydrogen (secondary N) is 3. The van der Waals surface area contributed by atoms with Crippen molar-refractivity contribution < 1.29 is 14.3 Å². The average Bonchev–Trinajstić information content (AvgIpc) is 2.69. The Morgan fingerprint density at radius 2 is 1.52 bits per heavy atom. The van der Waals surface area contributed by atoms with Gasteiger partial charge in [-0.1, -0.05) is 31.0 Å². The lowest BCUT2D eigenvalue weighted by atomic mass is 10.1. The van der Waals surface area contributed by atoms with Gasteiger partial charge in [0.15, 0.2) is 5.11 Å². The molecule has 0 unspecified atom stereocenters. The molecule has 2 aromatic rings. The normalized spacial score (nSPS) is 10.2. The molecule has 0 saturated carbocycles. The van der Waals surface area contributed by atoms with Crippen LogP contribution in [0.3, 0.4) is 0 Å². The summed E-state index contributed by atoms with van der Waals surface area (Å²) in [5.41, 5.74) is 4.42. The first-order chi connectivity index (χ1) is 13.9. The fraction of sp³-hybridized carbons (Fsp3) is 0.364. The summed E-state index contributed by atoms with van der Waals surface area (Å²) >= 11 is 5.46. The molecule has 0 bridgehead atoms. The van der Waals surface area contributed by atoms with Gasteiger partial charge in [0.1, 0.15) is 11.5 Å². The van der Waals surface area contributed by atoms with E-state index in [1.165, 1.54) is 5.56 Å². The second-order valence-electron chi connectivity index (χ2n) is 6.80. The molecule has 2 rings (SSSR count). The van der Waals surface area contributed by atoms with Crippen molar-refractivity contribution in [3.05, 3.63) is 41.5 Å². The Morgan fingerprint density at radius 1 is 0.931 bits per heavy atom. The van der Waals surface area contributed by atoms with Crippen molar-refractivity contribution in [1.29, 1.82) is 0 Å². The zero-order valence-electron chi connectivity index (χ0n) is 17.6. The Hall–Kier alpha value is -2.80. The number of aryl methyl sites for hydroxylation is 2. The van der Waals surface area contributed by atoms with E-state index < -0.39 is 0 Å². The zero-order valence-corrected chi connectivity index (χ0v) is 18.5. The first-order valence-corrected chi connectivity index (χ1v) is 9.99. The van der Waals surface area contributed by atoms with Gasteiger partial charge in [-0.25, -0.2) is 0 Å². The van der Waals surface area contributed by atoms with Crippen molar-refractivity contribution in [2.24, 2.45) is 0 Å². The zero-order chi connectivity index (χ0) is 21.4. The van der Waals surface area contributed by atoms with Crippen molar-refractivity contribution >= 4 is 40.3 Å². The molecular weight excluding hydrogens is 386 g/mol. The van der Waals surface area contributed by atoms with Crippen LogP contribution in [-0.4, -0.2) is 25.2 Å².